The molecule has 0 spiro atoms. The lowest BCUT2D eigenvalue weighted by atomic mass is 9.92. The fourth-order valence-corrected chi connectivity index (χ4v) is 9.49. The molecule has 0 unspecified atom stereocenters. The minimum Gasteiger partial charge on any atom is -0.295 e. The minimum absolute atomic E-state index is 0.142. The monoisotopic (exact) mass is 687 g/mol. The van der Waals surface area contributed by atoms with E-state index >= 15 is 0 Å². The molecule has 10 rings (SSSR count). The summed E-state index contributed by atoms with van der Waals surface area (Å²) in [7, 11) is 0. The number of rotatable bonds is 3. The van der Waals surface area contributed by atoms with Gasteiger partial charge in [0, 0.05) is 27.3 Å². The molecule has 4 heteroatoms. The molecular weight excluding hydrogens is 651 g/mol. The van der Waals surface area contributed by atoms with Crippen molar-refractivity contribution >= 4 is 47.1 Å². The lowest BCUT2D eigenvalue weighted by Gasteiger charge is -2.21. The molecule has 0 radical (unpaired) electrons. The van der Waals surface area contributed by atoms with E-state index in [4.69, 9.17) is 9.97 Å². The highest BCUT2D eigenvalue weighted by atomic mass is 32.2. The van der Waals surface area contributed by atoms with Crippen molar-refractivity contribution in [1.29, 1.82) is 0 Å². The van der Waals surface area contributed by atoms with Crippen LogP contribution in [0.2, 0.25) is 0 Å². The van der Waals surface area contributed by atoms with Crippen LogP contribution in [-0.2, 0) is 6.42 Å². The second-order valence-corrected chi connectivity index (χ2v) is 15.4. The quantitative estimate of drug-likeness (QED) is 0.186. The standard InChI is InChI=1S/C48H37N3S/c1-31-47-45(39-18-8-7-17-37(39)30-38-29-36-16-6-5-15-33(36)27-28-44(38)52-31)40-19-9-12-22-43(40)51(47)48-46(49-41-20-10-11-21-42(41)50-48)35-25-23-34(24-26-35)32-13-3-2-4-14-32/h2-8,10-11,13-27,29,31H,9,12,28,30H2,1H3/t31-/m1/s1. The summed E-state index contributed by atoms with van der Waals surface area (Å²) in [5, 5.41) is 5.30. The third-order valence-corrected chi connectivity index (χ3v) is 12.0. The number of fused-ring (bicyclic) bond motifs is 7. The van der Waals surface area contributed by atoms with Gasteiger partial charge in [-0.25, -0.2) is 9.97 Å². The number of allylic oxidation sites excluding steroid dienone is 2. The van der Waals surface area contributed by atoms with Gasteiger partial charge in [0.15, 0.2) is 5.82 Å². The zero-order chi connectivity index (χ0) is 34.6. The summed E-state index contributed by atoms with van der Waals surface area (Å²) in [5.74, 6) is 0.889. The van der Waals surface area contributed by atoms with E-state index in [-0.39, 0.29) is 5.25 Å². The van der Waals surface area contributed by atoms with Gasteiger partial charge in [-0.1, -0.05) is 140 Å². The zero-order valence-corrected chi connectivity index (χ0v) is 29.9. The van der Waals surface area contributed by atoms with Gasteiger partial charge in [-0.2, -0.15) is 0 Å². The van der Waals surface area contributed by atoms with Crippen LogP contribution >= 0.6 is 11.8 Å². The molecule has 7 aromatic rings. The smallest absolute Gasteiger partial charge is 0.164 e. The van der Waals surface area contributed by atoms with Gasteiger partial charge >= 0.3 is 0 Å². The zero-order valence-electron chi connectivity index (χ0n) is 29.1. The first kappa shape index (κ1) is 31.1. The summed E-state index contributed by atoms with van der Waals surface area (Å²) < 4.78 is 2.49. The molecule has 52 heavy (non-hydrogen) atoms. The lowest BCUT2D eigenvalue weighted by molar-refractivity contribution is 0.868. The number of thioether (sulfide) groups is 1. The molecule has 5 aromatic carbocycles. The number of nitrogens with zero attached hydrogens (tertiary/aromatic N) is 3. The van der Waals surface area contributed by atoms with Gasteiger partial charge in [0.1, 0.15) is 5.69 Å². The number of aromatic nitrogens is 3. The fourth-order valence-electron chi connectivity index (χ4n) is 8.27. The van der Waals surface area contributed by atoms with Gasteiger partial charge in [0.2, 0.25) is 0 Å². The van der Waals surface area contributed by atoms with Gasteiger partial charge in [-0.05, 0) is 87.9 Å². The second-order valence-electron chi connectivity index (χ2n) is 13.9. The van der Waals surface area contributed by atoms with E-state index in [2.05, 4.69) is 163 Å². The Kier molecular flexibility index (Phi) is 7.65. The summed E-state index contributed by atoms with van der Waals surface area (Å²) >= 11 is 2.01. The minimum atomic E-state index is 0.142. The summed E-state index contributed by atoms with van der Waals surface area (Å²) in [4.78, 5) is 12.4. The first-order valence-electron chi connectivity index (χ1n) is 18.3. The second kappa shape index (κ2) is 12.8. The molecule has 0 saturated carbocycles. The van der Waals surface area contributed by atoms with Crippen LogP contribution in [0.4, 0.5) is 0 Å². The molecule has 0 fully saturated rings. The maximum atomic E-state index is 5.52. The van der Waals surface area contributed by atoms with Crippen LogP contribution in [0.15, 0.2) is 138 Å². The van der Waals surface area contributed by atoms with Crippen LogP contribution in [0.25, 0.3) is 74.7 Å². The Morgan fingerprint density at radius 2 is 1.31 bits per heavy atom. The fraction of sp³-hybridized carbons (Fsp3) is 0.125. The van der Waals surface area contributed by atoms with E-state index in [1.165, 1.54) is 65.0 Å². The van der Waals surface area contributed by atoms with Crippen molar-refractivity contribution in [3.05, 3.63) is 170 Å². The Morgan fingerprint density at radius 3 is 2.15 bits per heavy atom. The average Bonchev–Trinajstić information content (AvgIpc) is 3.46. The molecule has 0 amide bonds. The van der Waals surface area contributed by atoms with Crippen molar-refractivity contribution < 1.29 is 0 Å². The van der Waals surface area contributed by atoms with Crippen LogP contribution in [0, 0.1) is 0 Å². The summed E-state index contributed by atoms with van der Waals surface area (Å²) in [6, 6.07) is 45.6. The van der Waals surface area contributed by atoms with E-state index in [0.29, 0.717) is 0 Å². The van der Waals surface area contributed by atoms with E-state index in [0.717, 1.165) is 53.8 Å². The summed E-state index contributed by atoms with van der Waals surface area (Å²) in [5.41, 5.74) is 12.9. The number of benzene rings is 5. The molecule has 0 N–H and O–H groups in total. The average molecular weight is 688 g/mol. The Bertz CT molecular complexity index is 2830. The summed E-state index contributed by atoms with van der Waals surface area (Å²) in [6.07, 6.45) is 13.6. The first-order chi connectivity index (χ1) is 25.7. The topological polar surface area (TPSA) is 30.7 Å². The predicted molar refractivity (Wildman–Crippen MR) is 219 cm³/mol. The largest absolute Gasteiger partial charge is 0.295 e. The number of hydrogen-bond acceptors (Lipinski definition) is 3. The van der Waals surface area contributed by atoms with Crippen LogP contribution in [0.5, 0.6) is 0 Å². The molecule has 2 aliphatic carbocycles. The molecule has 3 heterocycles. The normalized spacial score (nSPS) is 16.1. The number of para-hydroxylation sites is 2. The van der Waals surface area contributed by atoms with Crippen molar-refractivity contribution in [2.24, 2.45) is 0 Å². The Hall–Kier alpha value is -5.71. The molecule has 250 valence electrons. The lowest BCUT2D eigenvalue weighted by Crippen LogP contribution is -2.32. The van der Waals surface area contributed by atoms with Crippen LogP contribution in [0.3, 0.4) is 0 Å². The van der Waals surface area contributed by atoms with E-state index in [1.54, 1.807) is 0 Å². The van der Waals surface area contributed by atoms with Crippen LogP contribution in [-0.4, -0.2) is 14.5 Å². The van der Waals surface area contributed by atoms with Crippen molar-refractivity contribution in [2.75, 3.05) is 0 Å². The third kappa shape index (κ3) is 5.29. The van der Waals surface area contributed by atoms with Crippen LogP contribution < -0.4 is 21.0 Å². The Balaban J connectivity index is 1.25. The first-order valence-corrected chi connectivity index (χ1v) is 19.2. The van der Waals surface area contributed by atoms with Crippen molar-refractivity contribution in [3.63, 3.8) is 0 Å². The van der Waals surface area contributed by atoms with E-state index < -0.39 is 0 Å². The van der Waals surface area contributed by atoms with E-state index in [1.807, 2.05) is 11.8 Å². The SMILES string of the molecule is C[C@H]1SC2=C(C=c3ccccc3=CC2)Cc2ccccc2-c2c1n(-c1nc3ccccc3nc1-c1ccc(-c3ccccc3)cc1)c1c2=CCCC=1. The highest BCUT2D eigenvalue weighted by molar-refractivity contribution is 8.03. The Labute approximate surface area is 307 Å². The molecule has 3 nitrogen and oxygen atoms in total. The van der Waals surface area contributed by atoms with E-state index in [9.17, 15) is 0 Å². The molecule has 3 aliphatic rings. The maximum absolute atomic E-state index is 5.52. The molecular formula is C48H37N3S. The number of hydrogen-bond donors (Lipinski definition) is 0. The maximum Gasteiger partial charge on any atom is 0.164 e. The van der Waals surface area contributed by atoms with Gasteiger partial charge in [0.25, 0.3) is 0 Å². The van der Waals surface area contributed by atoms with Crippen molar-refractivity contribution in [1.82, 2.24) is 14.5 Å². The molecule has 0 bridgehead atoms. The third-order valence-electron chi connectivity index (χ3n) is 10.7. The van der Waals surface area contributed by atoms with Gasteiger partial charge in [-0.3, -0.25) is 4.57 Å². The molecule has 0 saturated heterocycles. The highest BCUT2D eigenvalue weighted by Gasteiger charge is 2.30. The van der Waals surface area contributed by atoms with Gasteiger partial charge < -0.3 is 0 Å². The van der Waals surface area contributed by atoms with Crippen LogP contribution in [0.1, 0.15) is 42.7 Å². The van der Waals surface area contributed by atoms with Crippen molar-refractivity contribution in [3.8, 4) is 39.3 Å². The molecule has 1 atom stereocenters. The van der Waals surface area contributed by atoms with Gasteiger partial charge in [-0.15, -0.1) is 11.8 Å². The molecule has 1 aliphatic heterocycles. The Morgan fingerprint density at radius 1 is 0.635 bits per heavy atom. The summed E-state index contributed by atoms with van der Waals surface area (Å²) in [6.45, 7) is 2.39. The van der Waals surface area contributed by atoms with Crippen molar-refractivity contribution in [2.45, 2.75) is 37.9 Å². The predicted octanol–water partition coefficient (Wildman–Crippen LogP) is 9.05. The van der Waals surface area contributed by atoms with Gasteiger partial charge in [0.05, 0.1) is 16.4 Å². The molecule has 2 aromatic heterocycles. The highest BCUT2D eigenvalue weighted by Crippen LogP contribution is 2.45.